The van der Waals surface area contributed by atoms with Crippen LogP contribution in [0.4, 0.5) is 18.9 Å². The van der Waals surface area contributed by atoms with Crippen LogP contribution >= 0.6 is 0 Å². The van der Waals surface area contributed by atoms with Crippen molar-refractivity contribution >= 4 is 11.7 Å². The quantitative estimate of drug-likeness (QED) is 0.819. The lowest BCUT2D eigenvalue weighted by molar-refractivity contribution is 0.0253. The van der Waals surface area contributed by atoms with E-state index in [1.54, 1.807) is 0 Å². The number of pyridine rings is 1. The first kappa shape index (κ1) is 19.0. The van der Waals surface area contributed by atoms with Crippen molar-refractivity contribution in [2.75, 3.05) is 26.1 Å². The number of hydrogen-bond donors (Lipinski definition) is 1. The van der Waals surface area contributed by atoms with Gasteiger partial charge in [-0.1, -0.05) is 0 Å². The van der Waals surface area contributed by atoms with E-state index in [-0.39, 0.29) is 17.5 Å². The van der Waals surface area contributed by atoms with Crippen molar-refractivity contribution in [3.8, 4) is 17.0 Å². The molecule has 0 aliphatic carbocycles. The van der Waals surface area contributed by atoms with Gasteiger partial charge in [0.25, 0.3) is 0 Å². The Morgan fingerprint density at radius 2 is 1.78 bits per heavy atom. The van der Waals surface area contributed by atoms with E-state index in [9.17, 15) is 18.0 Å². The van der Waals surface area contributed by atoms with Crippen LogP contribution in [0.15, 0.2) is 18.2 Å². The lowest BCUT2D eigenvalue weighted by Gasteiger charge is -2.23. The third kappa shape index (κ3) is 3.97. The van der Waals surface area contributed by atoms with Crippen molar-refractivity contribution < 1.29 is 32.2 Å². The summed E-state index contributed by atoms with van der Waals surface area (Å²) in [6, 6.07) is 2.66. The second-order valence-corrected chi connectivity index (χ2v) is 5.94. The van der Waals surface area contributed by atoms with Crippen LogP contribution in [-0.2, 0) is 9.47 Å². The third-order valence-electron chi connectivity index (χ3n) is 4.11. The Morgan fingerprint density at radius 1 is 1.15 bits per heavy atom. The monoisotopic (exact) mass is 382 g/mol. The van der Waals surface area contributed by atoms with Gasteiger partial charge in [0.15, 0.2) is 11.5 Å². The molecule has 0 saturated carbocycles. The number of ether oxygens (including phenoxy) is 3. The summed E-state index contributed by atoms with van der Waals surface area (Å²) < 4.78 is 58.6. The SMILES string of the molecule is COC(=O)c1nc(-c2c(F)cc(OC3CCOCC3)cc2F)c(F)cc1N. The van der Waals surface area contributed by atoms with Crippen LogP contribution in [0.3, 0.4) is 0 Å². The molecule has 0 atom stereocenters. The van der Waals surface area contributed by atoms with E-state index in [2.05, 4.69) is 9.72 Å². The van der Waals surface area contributed by atoms with Crippen LogP contribution < -0.4 is 10.5 Å². The molecule has 0 unspecified atom stereocenters. The molecule has 3 rings (SSSR count). The number of nitrogen functional groups attached to an aromatic ring is 1. The zero-order valence-electron chi connectivity index (χ0n) is 14.4. The highest BCUT2D eigenvalue weighted by molar-refractivity contribution is 5.93. The highest BCUT2D eigenvalue weighted by atomic mass is 19.1. The molecule has 9 heteroatoms. The van der Waals surface area contributed by atoms with Gasteiger partial charge in [0, 0.05) is 31.0 Å². The number of anilines is 1. The average Bonchev–Trinajstić information content (AvgIpc) is 2.63. The summed E-state index contributed by atoms with van der Waals surface area (Å²) in [7, 11) is 1.08. The maximum absolute atomic E-state index is 14.5. The lowest BCUT2D eigenvalue weighted by atomic mass is 10.1. The molecular weight excluding hydrogens is 365 g/mol. The van der Waals surface area contributed by atoms with E-state index in [4.69, 9.17) is 15.2 Å². The number of hydrogen-bond acceptors (Lipinski definition) is 6. The van der Waals surface area contributed by atoms with E-state index in [0.717, 1.165) is 25.3 Å². The number of carbonyl (C=O) groups excluding carboxylic acids is 1. The molecule has 1 aliphatic rings. The Balaban J connectivity index is 1.98. The number of aromatic nitrogens is 1. The van der Waals surface area contributed by atoms with E-state index >= 15 is 0 Å². The molecule has 2 N–H and O–H groups in total. The van der Waals surface area contributed by atoms with Crippen LogP contribution in [0.25, 0.3) is 11.3 Å². The largest absolute Gasteiger partial charge is 0.490 e. The van der Waals surface area contributed by atoms with Gasteiger partial charge in [0.1, 0.15) is 29.2 Å². The fourth-order valence-electron chi connectivity index (χ4n) is 2.77. The van der Waals surface area contributed by atoms with E-state index < -0.39 is 40.4 Å². The summed E-state index contributed by atoms with van der Waals surface area (Å²) in [5.74, 6) is -4.21. The topological polar surface area (TPSA) is 83.7 Å². The Kier molecular flexibility index (Phi) is 5.50. The number of esters is 1. The highest BCUT2D eigenvalue weighted by Gasteiger charge is 2.24. The number of carbonyl (C=O) groups is 1. The molecule has 2 heterocycles. The summed E-state index contributed by atoms with van der Waals surface area (Å²) in [6.45, 7) is 1.01. The van der Waals surface area contributed by atoms with Crippen molar-refractivity contribution in [1.82, 2.24) is 4.98 Å². The maximum atomic E-state index is 14.5. The first-order valence-electron chi connectivity index (χ1n) is 8.19. The molecule has 1 aromatic carbocycles. The van der Waals surface area contributed by atoms with Gasteiger partial charge < -0.3 is 19.9 Å². The Hall–Kier alpha value is -2.81. The number of methoxy groups -OCH3 is 1. The van der Waals surface area contributed by atoms with Crippen LogP contribution in [0, 0.1) is 17.5 Å². The van der Waals surface area contributed by atoms with Gasteiger partial charge >= 0.3 is 5.97 Å². The summed E-state index contributed by atoms with van der Waals surface area (Å²) in [6.07, 6.45) is 0.976. The molecule has 1 saturated heterocycles. The van der Waals surface area contributed by atoms with Gasteiger partial charge in [-0.2, -0.15) is 0 Å². The highest BCUT2D eigenvalue weighted by Crippen LogP contribution is 2.32. The standard InChI is InChI=1S/C18H17F3N2O4/c1-25-18(24)17-14(22)8-13(21)16(23-17)15-11(19)6-10(7-12(15)20)27-9-2-4-26-5-3-9/h6-9H,2-5,22H2,1H3. The summed E-state index contributed by atoms with van der Waals surface area (Å²) in [5, 5.41) is 0. The van der Waals surface area contributed by atoms with Crippen molar-refractivity contribution in [2.45, 2.75) is 18.9 Å². The molecule has 0 radical (unpaired) electrons. The van der Waals surface area contributed by atoms with Gasteiger partial charge in [0.2, 0.25) is 0 Å². The number of halogens is 3. The van der Waals surface area contributed by atoms with Gasteiger partial charge in [-0.05, 0) is 0 Å². The first-order valence-corrected chi connectivity index (χ1v) is 8.19. The van der Waals surface area contributed by atoms with Crippen molar-refractivity contribution in [3.05, 3.63) is 41.3 Å². The van der Waals surface area contributed by atoms with E-state index in [1.165, 1.54) is 0 Å². The van der Waals surface area contributed by atoms with Crippen molar-refractivity contribution in [2.24, 2.45) is 0 Å². The number of benzene rings is 1. The maximum Gasteiger partial charge on any atom is 0.358 e. The molecule has 0 bridgehead atoms. The van der Waals surface area contributed by atoms with Crippen LogP contribution in [0.5, 0.6) is 5.75 Å². The molecule has 6 nitrogen and oxygen atoms in total. The zero-order valence-corrected chi connectivity index (χ0v) is 14.4. The lowest BCUT2D eigenvalue weighted by Crippen LogP contribution is -2.26. The van der Waals surface area contributed by atoms with E-state index in [1.807, 2.05) is 0 Å². The smallest absolute Gasteiger partial charge is 0.358 e. The molecule has 0 spiro atoms. The summed E-state index contributed by atoms with van der Waals surface area (Å²) in [5.41, 5.74) is 3.38. The molecule has 1 aliphatic heterocycles. The predicted molar refractivity (Wildman–Crippen MR) is 89.8 cm³/mol. The Bertz CT molecular complexity index is 847. The number of rotatable bonds is 4. The third-order valence-corrected chi connectivity index (χ3v) is 4.11. The van der Waals surface area contributed by atoms with Gasteiger partial charge in [0.05, 0.1) is 31.6 Å². The molecule has 1 fully saturated rings. The predicted octanol–water partition coefficient (Wildman–Crippen LogP) is 3.09. The van der Waals surface area contributed by atoms with Crippen LogP contribution in [-0.4, -0.2) is 37.4 Å². The second-order valence-electron chi connectivity index (χ2n) is 5.94. The molecule has 0 amide bonds. The fraction of sp³-hybridized carbons (Fsp3) is 0.333. The van der Waals surface area contributed by atoms with E-state index in [0.29, 0.717) is 26.1 Å². The zero-order chi connectivity index (χ0) is 19.6. The van der Waals surface area contributed by atoms with Gasteiger partial charge in [-0.15, -0.1) is 0 Å². The Morgan fingerprint density at radius 3 is 2.37 bits per heavy atom. The minimum atomic E-state index is -1.08. The summed E-state index contributed by atoms with van der Waals surface area (Å²) in [4.78, 5) is 15.3. The number of nitrogens with zero attached hydrogens (tertiary/aromatic N) is 1. The fourth-order valence-corrected chi connectivity index (χ4v) is 2.77. The van der Waals surface area contributed by atoms with Crippen LogP contribution in [0.2, 0.25) is 0 Å². The number of nitrogens with two attached hydrogens (primary N) is 1. The minimum Gasteiger partial charge on any atom is -0.490 e. The molecule has 27 heavy (non-hydrogen) atoms. The average molecular weight is 382 g/mol. The van der Waals surface area contributed by atoms with Crippen molar-refractivity contribution in [3.63, 3.8) is 0 Å². The summed E-state index contributed by atoms with van der Waals surface area (Å²) >= 11 is 0. The second kappa shape index (κ2) is 7.83. The minimum absolute atomic E-state index is 0.0234. The molecular formula is C18H17F3N2O4. The molecule has 2 aromatic rings. The normalized spacial score (nSPS) is 14.8. The first-order chi connectivity index (χ1) is 12.9. The Labute approximate surface area is 153 Å². The molecule has 1 aromatic heterocycles. The van der Waals surface area contributed by atoms with Crippen LogP contribution in [0.1, 0.15) is 23.3 Å². The van der Waals surface area contributed by atoms with Gasteiger partial charge in [-0.25, -0.2) is 22.9 Å². The molecule has 144 valence electrons. The van der Waals surface area contributed by atoms with Gasteiger partial charge in [-0.3, -0.25) is 0 Å². The van der Waals surface area contributed by atoms with Crippen molar-refractivity contribution in [1.29, 1.82) is 0 Å².